The lowest BCUT2D eigenvalue weighted by atomic mass is 10.0. The topological polar surface area (TPSA) is 56.7 Å². The maximum Gasteiger partial charge on any atom is 0.325 e. The van der Waals surface area contributed by atoms with Crippen molar-refractivity contribution in [3.05, 3.63) is 60.2 Å². The summed E-state index contributed by atoms with van der Waals surface area (Å²) in [6.07, 6.45) is 0. The number of fused-ring (bicyclic) bond motifs is 1. The summed E-state index contributed by atoms with van der Waals surface area (Å²) >= 11 is 1.52. The van der Waals surface area contributed by atoms with Crippen molar-refractivity contribution < 1.29 is 9.90 Å². The van der Waals surface area contributed by atoms with Gasteiger partial charge < -0.3 is 10.0 Å². The average molecular weight is 353 g/mol. The van der Waals surface area contributed by atoms with Gasteiger partial charge in [-0.15, -0.1) is 0 Å². The zero-order valence-corrected chi connectivity index (χ0v) is 14.5. The number of aliphatic carboxylic acids is 1. The van der Waals surface area contributed by atoms with E-state index in [1.54, 1.807) is 0 Å². The van der Waals surface area contributed by atoms with Gasteiger partial charge in [0.25, 0.3) is 0 Å². The molecule has 0 aliphatic carbocycles. The molecule has 1 N–H and O–H groups in total. The van der Waals surface area contributed by atoms with Gasteiger partial charge in [0.1, 0.15) is 11.9 Å². The molecular weight excluding hydrogens is 334 g/mol. The van der Waals surface area contributed by atoms with Crippen molar-refractivity contribution >= 4 is 33.4 Å². The number of hydrogen-bond acceptors (Lipinski definition) is 5. The number of aromatic nitrogens is 1. The highest BCUT2D eigenvalue weighted by molar-refractivity contribution is 7.13. The second-order valence-electron chi connectivity index (χ2n) is 6.18. The van der Waals surface area contributed by atoms with Crippen LogP contribution in [0.25, 0.3) is 10.1 Å². The van der Waals surface area contributed by atoms with Crippen molar-refractivity contribution in [2.24, 2.45) is 0 Å². The lowest BCUT2D eigenvalue weighted by molar-refractivity contribution is -0.143. The zero-order chi connectivity index (χ0) is 17.2. The predicted molar refractivity (Wildman–Crippen MR) is 100 cm³/mol. The molecule has 2 heterocycles. The normalized spacial score (nSPS) is 16.9. The van der Waals surface area contributed by atoms with Crippen LogP contribution in [-0.4, -0.2) is 46.5 Å². The highest BCUT2D eigenvalue weighted by Gasteiger charge is 2.31. The van der Waals surface area contributed by atoms with Gasteiger partial charge in [0.2, 0.25) is 0 Å². The van der Waals surface area contributed by atoms with Gasteiger partial charge in [-0.05, 0) is 29.2 Å². The van der Waals surface area contributed by atoms with Crippen LogP contribution < -0.4 is 4.90 Å². The molecule has 5 nitrogen and oxygen atoms in total. The molecule has 1 aliphatic heterocycles. The molecule has 25 heavy (non-hydrogen) atoms. The second-order valence-corrected chi connectivity index (χ2v) is 6.98. The Kier molecular flexibility index (Phi) is 4.38. The summed E-state index contributed by atoms with van der Waals surface area (Å²) in [6.45, 7) is 2.98. The SMILES string of the molecule is O=C(O)C(c1ccccc1)N1CCN(c2nsc3ccccc23)CC1. The summed E-state index contributed by atoms with van der Waals surface area (Å²) < 4.78 is 5.80. The Balaban J connectivity index is 1.51. The van der Waals surface area contributed by atoms with Crippen LogP contribution in [0, 0.1) is 0 Å². The van der Waals surface area contributed by atoms with E-state index in [1.807, 2.05) is 47.4 Å². The largest absolute Gasteiger partial charge is 0.480 e. The smallest absolute Gasteiger partial charge is 0.325 e. The highest BCUT2D eigenvalue weighted by Crippen LogP contribution is 2.31. The van der Waals surface area contributed by atoms with Crippen molar-refractivity contribution in [3.8, 4) is 0 Å². The molecule has 0 bridgehead atoms. The molecule has 3 aromatic rings. The summed E-state index contributed by atoms with van der Waals surface area (Å²) in [4.78, 5) is 16.1. The van der Waals surface area contributed by atoms with Crippen molar-refractivity contribution in [2.75, 3.05) is 31.1 Å². The predicted octanol–water partition coefficient (Wildman–Crippen LogP) is 3.24. The van der Waals surface area contributed by atoms with Crippen LogP contribution in [0.2, 0.25) is 0 Å². The molecule has 4 rings (SSSR count). The lowest BCUT2D eigenvalue weighted by Gasteiger charge is -2.38. The molecule has 1 aromatic heterocycles. The Morgan fingerprint density at radius 3 is 2.40 bits per heavy atom. The number of carboxylic acid groups (broad SMARTS) is 1. The first-order chi connectivity index (χ1) is 12.2. The maximum atomic E-state index is 11.8. The molecule has 6 heteroatoms. The van der Waals surface area contributed by atoms with Crippen LogP contribution in [0.3, 0.4) is 0 Å². The van der Waals surface area contributed by atoms with Gasteiger partial charge in [0.15, 0.2) is 0 Å². The van der Waals surface area contributed by atoms with Crippen LogP contribution in [0.5, 0.6) is 0 Å². The molecule has 1 unspecified atom stereocenters. The third-order valence-electron chi connectivity index (χ3n) is 4.69. The molecule has 1 saturated heterocycles. The van der Waals surface area contributed by atoms with Crippen molar-refractivity contribution in [3.63, 3.8) is 0 Å². The highest BCUT2D eigenvalue weighted by atomic mass is 32.1. The van der Waals surface area contributed by atoms with Gasteiger partial charge in [0, 0.05) is 31.6 Å². The van der Waals surface area contributed by atoms with Gasteiger partial charge >= 0.3 is 5.97 Å². The zero-order valence-electron chi connectivity index (χ0n) is 13.7. The standard InChI is InChI=1S/C19H19N3O2S/c23-19(24)17(14-6-2-1-3-7-14)21-10-12-22(13-11-21)18-15-8-4-5-9-16(15)25-20-18/h1-9,17H,10-13H2,(H,23,24). The third-order valence-corrected chi connectivity index (χ3v) is 5.50. The van der Waals surface area contributed by atoms with E-state index in [9.17, 15) is 9.90 Å². The monoisotopic (exact) mass is 353 g/mol. The lowest BCUT2D eigenvalue weighted by Crippen LogP contribution is -2.49. The van der Waals surface area contributed by atoms with Gasteiger partial charge in [0.05, 0.1) is 4.70 Å². The number of carbonyl (C=O) groups is 1. The van der Waals surface area contributed by atoms with Gasteiger partial charge in [-0.2, -0.15) is 4.37 Å². The Labute approximate surface area is 150 Å². The number of carboxylic acids is 1. The quantitative estimate of drug-likeness (QED) is 0.780. The number of anilines is 1. The summed E-state index contributed by atoms with van der Waals surface area (Å²) in [6, 6.07) is 17.1. The first-order valence-corrected chi connectivity index (χ1v) is 9.12. The van der Waals surface area contributed by atoms with E-state index in [1.165, 1.54) is 21.6 Å². The number of rotatable bonds is 4. The van der Waals surface area contributed by atoms with Crippen LogP contribution in [0.4, 0.5) is 5.82 Å². The number of nitrogens with zero attached hydrogens (tertiary/aromatic N) is 3. The minimum atomic E-state index is -0.793. The number of hydrogen-bond donors (Lipinski definition) is 1. The molecule has 1 atom stereocenters. The molecule has 1 aliphatic rings. The Morgan fingerprint density at radius 2 is 1.68 bits per heavy atom. The van der Waals surface area contributed by atoms with Crippen molar-refractivity contribution in [2.45, 2.75) is 6.04 Å². The summed E-state index contributed by atoms with van der Waals surface area (Å²) in [7, 11) is 0. The number of piperazine rings is 1. The minimum Gasteiger partial charge on any atom is -0.480 e. The fraction of sp³-hybridized carbons (Fsp3) is 0.263. The molecule has 128 valence electrons. The van der Waals surface area contributed by atoms with Crippen molar-refractivity contribution in [1.82, 2.24) is 9.27 Å². The summed E-state index contributed by atoms with van der Waals surface area (Å²) in [5, 5.41) is 10.9. The molecule has 1 fully saturated rings. The van der Waals surface area contributed by atoms with E-state index in [0.717, 1.165) is 24.5 Å². The Hall–Kier alpha value is -2.44. The van der Waals surface area contributed by atoms with Crippen LogP contribution in [0.15, 0.2) is 54.6 Å². The fourth-order valence-corrected chi connectivity index (χ4v) is 4.23. The van der Waals surface area contributed by atoms with Gasteiger partial charge in [-0.3, -0.25) is 9.69 Å². The first kappa shape index (κ1) is 16.1. The van der Waals surface area contributed by atoms with E-state index in [-0.39, 0.29) is 0 Å². The molecule has 0 radical (unpaired) electrons. The van der Waals surface area contributed by atoms with Crippen LogP contribution in [0.1, 0.15) is 11.6 Å². The van der Waals surface area contributed by atoms with Crippen LogP contribution in [-0.2, 0) is 4.79 Å². The molecule has 2 aromatic carbocycles. The molecular formula is C19H19N3O2S. The average Bonchev–Trinajstić information content (AvgIpc) is 3.07. The van der Waals surface area contributed by atoms with E-state index < -0.39 is 12.0 Å². The summed E-state index contributed by atoms with van der Waals surface area (Å²) in [5.74, 6) is 0.227. The van der Waals surface area contributed by atoms with E-state index >= 15 is 0 Å². The van der Waals surface area contributed by atoms with Crippen molar-refractivity contribution in [1.29, 1.82) is 0 Å². The van der Waals surface area contributed by atoms with E-state index in [4.69, 9.17) is 0 Å². The van der Waals surface area contributed by atoms with E-state index in [0.29, 0.717) is 13.1 Å². The Morgan fingerprint density at radius 1 is 1.00 bits per heavy atom. The third kappa shape index (κ3) is 3.10. The summed E-state index contributed by atoms with van der Waals surface area (Å²) in [5.41, 5.74) is 0.836. The first-order valence-electron chi connectivity index (χ1n) is 8.35. The molecule has 0 spiro atoms. The van der Waals surface area contributed by atoms with Gasteiger partial charge in [-0.1, -0.05) is 42.5 Å². The molecule has 0 saturated carbocycles. The van der Waals surface area contributed by atoms with E-state index in [2.05, 4.69) is 21.4 Å². The fourth-order valence-electron chi connectivity index (χ4n) is 3.44. The van der Waals surface area contributed by atoms with Gasteiger partial charge in [-0.25, -0.2) is 0 Å². The Bertz CT molecular complexity index is 873. The van der Waals surface area contributed by atoms with Crippen LogP contribution >= 0.6 is 11.5 Å². The number of benzene rings is 2. The molecule has 0 amide bonds. The maximum absolute atomic E-state index is 11.8. The second kappa shape index (κ2) is 6.82. The minimum absolute atomic E-state index is 0.587.